The molecule has 0 aromatic rings. The van der Waals surface area contributed by atoms with Crippen LogP contribution < -0.4 is 0 Å². The highest BCUT2D eigenvalue weighted by molar-refractivity contribution is 4.89. The van der Waals surface area contributed by atoms with Crippen molar-refractivity contribution in [2.24, 2.45) is 10.4 Å². The van der Waals surface area contributed by atoms with E-state index < -0.39 is 5.91 Å². The highest BCUT2D eigenvalue weighted by Gasteiger charge is 2.51. The fourth-order valence-electron chi connectivity index (χ4n) is 2.20. The Labute approximate surface area is 87.3 Å². The number of nitrogens with zero attached hydrogens (tertiary/aromatic N) is 6. The second-order valence-corrected chi connectivity index (χ2v) is 4.11. The predicted octanol–water partition coefficient (Wildman–Crippen LogP) is -0.545. The summed E-state index contributed by atoms with van der Waals surface area (Å²) in [6.07, 6.45) is 0. The fourth-order valence-corrected chi connectivity index (χ4v) is 2.20. The van der Waals surface area contributed by atoms with Crippen LogP contribution in [0.1, 0.15) is 0 Å². The van der Waals surface area contributed by atoms with Crippen LogP contribution in [0.25, 0.3) is 0 Å². The predicted molar refractivity (Wildman–Crippen MR) is 53.0 cm³/mol. The Balaban J connectivity index is 2.30. The van der Waals surface area contributed by atoms with Gasteiger partial charge in [-0.15, -0.1) is 9.81 Å². The second-order valence-electron chi connectivity index (χ2n) is 4.11. The molecule has 0 spiro atoms. The average Bonchev–Trinajstić information content (AvgIpc) is 2.18. The van der Waals surface area contributed by atoms with Gasteiger partial charge in [0.25, 0.3) is 0 Å². The molecule has 0 saturated carbocycles. The van der Waals surface area contributed by atoms with Gasteiger partial charge in [-0.25, -0.2) is 9.80 Å². The van der Waals surface area contributed by atoms with E-state index in [4.69, 9.17) is 0 Å². The lowest BCUT2D eigenvalue weighted by atomic mass is 10.3. The number of hydrogen-bond acceptors (Lipinski definition) is 8. The maximum Gasteiger partial charge on any atom is 0.348 e. The molecular weight excluding hydrogens is 200 g/mol. The summed E-state index contributed by atoms with van der Waals surface area (Å²) in [4.78, 5) is 29.0. The van der Waals surface area contributed by atoms with Crippen LogP contribution in [0.15, 0.2) is 10.4 Å². The van der Waals surface area contributed by atoms with E-state index in [1.807, 2.05) is 11.9 Å². The van der Waals surface area contributed by atoms with Crippen molar-refractivity contribution in [3.63, 3.8) is 0 Å². The fraction of sp³-hybridized carbons (Fsp3) is 1.00. The Morgan fingerprint density at radius 2 is 1.67 bits per heavy atom. The van der Waals surface area contributed by atoms with Crippen LogP contribution >= 0.6 is 0 Å². The van der Waals surface area contributed by atoms with E-state index in [0.29, 0.717) is 20.0 Å². The summed E-state index contributed by atoms with van der Waals surface area (Å²) in [7, 11) is 3.60. The molecule has 8 nitrogen and oxygen atoms in total. The molecule has 0 aliphatic carbocycles. The SMILES string of the molecule is CN1CN2CN(C)C(N=O)(N=O)N(C1)C2. The van der Waals surface area contributed by atoms with Crippen molar-refractivity contribution in [1.82, 2.24) is 19.6 Å². The molecule has 2 saturated heterocycles. The van der Waals surface area contributed by atoms with Crippen molar-refractivity contribution >= 4 is 0 Å². The molecular formula is C7H14N6O2. The Bertz CT molecular complexity index is 273. The molecule has 0 radical (unpaired) electrons. The molecule has 0 N–H and O–H groups in total. The van der Waals surface area contributed by atoms with E-state index in [2.05, 4.69) is 15.3 Å². The maximum absolute atomic E-state index is 10.9. The van der Waals surface area contributed by atoms with Crippen molar-refractivity contribution < 1.29 is 0 Å². The molecule has 2 aliphatic rings. The van der Waals surface area contributed by atoms with Crippen LogP contribution in [0.3, 0.4) is 0 Å². The number of nitroso groups, excluding NO2 is 2. The quantitative estimate of drug-likeness (QED) is 0.575. The van der Waals surface area contributed by atoms with Gasteiger partial charge < -0.3 is 0 Å². The minimum absolute atomic E-state index is 0.512. The first kappa shape index (κ1) is 10.6. The molecule has 2 fully saturated rings. The number of fused-ring (bicyclic) bond motifs is 2. The van der Waals surface area contributed by atoms with Crippen LogP contribution in [0.4, 0.5) is 0 Å². The standard InChI is InChI=1S/C7H14N6O2/c1-10-3-12-5-11(2)7(8-14,9-15)13(4-10)6-12/h3-6H2,1-2H3. The molecule has 0 aromatic heterocycles. The van der Waals surface area contributed by atoms with E-state index in [1.165, 1.54) is 0 Å². The van der Waals surface area contributed by atoms with Crippen molar-refractivity contribution in [3.05, 3.63) is 9.81 Å². The Hall–Kier alpha value is -0.960. The molecule has 84 valence electrons. The smallest absolute Gasteiger partial charge is 0.280 e. The zero-order chi connectivity index (χ0) is 11.1. The van der Waals surface area contributed by atoms with E-state index in [-0.39, 0.29) is 0 Å². The van der Waals surface area contributed by atoms with Crippen molar-refractivity contribution in [2.75, 3.05) is 40.8 Å². The van der Waals surface area contributed by atoms with Gasteiger partial charge in [-0.1, -0.05) is 0 Å². The molecule has 2 rings (SSSR count). The first-order valence-corrected chi connectivity index (χ1v) is 4.68. The molecule has 2 atom stereocenters. The lowest BCUT2D eigenvalue weighted by molar-refractivity contribution is -0.194. The maximum atomic E-state index is 10.9. The summed E-state index contributed by atoms with van der Waals surface area (Å²) in [5.41, 5.74) is 0. The summed E-state index contributed by atoms with van der Waals surface area (Å²) in [5, 5.41) is 5.81. The van der Waals surface area contributed by atoms with Crippen LogP contribution in [0.2, 0.25) is 0 Å². The van der Waals surface area contributed by atoms with E-state index in [0.717, 1.165) is 6.67 Å². The van der Waals surface area contributed by atoms with Gasteiger partial charge in [-0.3, -0.25) is 9.80 Å². The van der Waals surface area contributed by atoms with E-state index in [9.17, 15) is 9.81 Å². The van der Waals surface area contributed by atoms with Gasteiger partial charge in [0.05, 0.1) is 26.7 Å². The molecule has 0 amide bonds. The highest BCUT2D eigenvalue weighted by atomic mass is 16.3. The van der Waals surface area contributed by atoms with Crippen LogP contribution in [-0.2, 0) is 0 Å². The van der Waals surface area contributed by atoms with Crippen molar-refractivity contribution in [3.8, 4) is 0 Å². The molecule has 2 bridgehead atoms. The summed E-state index contributed by atoms with van der Waals surface area (Å²) in [5.74, 6) is -1.58. The molecule has 2 aliphatic heterocycles. The third-order valence-corrected chi connectivity index (χ3v) is 2.82. The Morgan fingerprint density at radius 3 is 2.27 bits per heavy atom. The van der Waals surface area contributed by atoms with E-state index >= 15 is 0 Å². The largest absolute Gasteiger partial charge is 0.348 e. The molecule has 2 unspecified atom stereocenters. The summed E-state index contributed by atoms with van der Waals surface area (Å²) < 4.78 is 0. The lowest BCUT2D eigenvalue weighted by Gasteiger charge is -2.52. The third-order valence-electron chi connectivity index (χ3n) is 2.82. The van der Waals surface area contributed by atoms with Gasteiger partial charge in [0.15, 0.2) is 0 Å². The van der Waals surface area contributed by atoms with Gasteiger partial charge in [0.1, 0.15) is 0 Å². The zero-order valence-corrected chi connectivity index (χ0v) is 8.83. The Kier molecular flexibility index (Phi) is 2.51. The Morgan fingerprint density at radius 1 is 1.00 bits per heavy atom. The van der Waals surface area contributed by atoms with Gasteiger partial charge in [0.2, 0.25) is 0 Å². The summed E-state index contributed by atoms with van der Waals surface area (Å²) in [6.45, 7) is 2.39. The van der Waals surface area contributed by atoms with Gasteiger partial charge >= 0.3 is 5.91 Å². The summed E-state index contributed by atoms with van der Waals surface area (Å²) >= 11 is 0. The molecule has 15 heavy (non-hydrogen) atoms. The first-order chi connectivity index (χ1) is 7.12. The third kappa shape index (κ3) is 1.46. The van der Waals surface area contributed by atoms with Crippen LogP contribution in [-0.4, -0.2) is 66.3 Å². The van der Waals surface area contributed by atoms with Gasteiger partial charge in [-0.05, 0) is 24.4 Å². The molecule has 0 aromatic carbocycles. The average molecular weight is 214 g/mol. The lowest BCUT2D eigenvalue weighted by Crippen LogP contribution is -2.72. The zero-order valence-electron chi connectivity index (χ0n) is 8.83. The number of rotatable bonds is 2. The second kappa shape index (κ2) is 3.56. The topological polar surface area (TPSA) is 71.8 Å². The normalized spacial score (nSPS) is 36.1. The highest BCUT2D eigenvalue weighted by Crippen LogP contribution is 2.29. The monoisotopic (exact) mass is 214 g/mol. The van der Waals surface area contributed by atoms with Crippen molar-refractivity contribution in [2.45, 2.75) is 5.91 Å². The summed E-state index contributed by atoms with van der Waals surface area (Å²) in [6, 6.07) is 0. The molecule has 2 heterocycles. The minimum atomic E-state index is -1.58. The van der Waals surface area contributed by atoms with Gasteiger partial charge in [0, 0.05) is 0 Å². The first-order valence-electron chi connectivity index (χ1n) is 4.68. The van der Waals surface area contributed by atoms with E-state index in [1.54, 1.807) is 16.8 Å². The molecule has 8 heteroatoms. The minimum Gasteiger partial charge on any atom is -0.280 e. The van der Waals surface area contributed by atoms with Gasteiger partial charge in [-0.2, -0.15) is 0 Å². The van der Waals surface area contributed by atoms with Crippen molar-refractivity contribution in [1.29, 1.82) is 0 Å². The number of hydrogen-bond donors (Lipinski definition) is 0. The van der Waals surface area contributed by atoms with Crippen LogP contribution in [0, 0.1) is 9.81 Å². The van der Waals surface area contributed by atoms with Crippen LogP contribution in [0.5, 0.6) is 0 Å².